The Morgan fingerprint density at radius 3 is 2.50 bits per heavy atom. The molecule has 1 atom stereocenters. The second kappa shape index (κ2) is 9.81. The second-order valence-corrected chi connectivity index (χ2v) is 9.40. The van der Waals surface area contributed by atoms with Crippen LogP contribution in [0.1, 0.15) is 42.1 Å². The molecule has 174 valence electrons. The fraction of sp³-hybridized carbons (Fsp3) is 0.222. The second-order valence-electron chi connectivity index (χ2n) is 8.49. The number of aliphatic hydroxyl groups is 1. The van der Waals surface area contributed by atoms with Gasteiger partial charge in [-0.2, -0.15) is 0 Å². The SMILES string of the molecule is Cc1cc(C(O)=C2C(=O)C(=O)N(Cc3cccnc3)[C@@H]2c2ccc(Br)cc2)ccc1OC(C)C. The van der Waals surface area contributed by atoms with Gasteiger partial charge in [0.2, 0.25) is 0 Å². The zero-order valence-corrected chi connectivity index (χ0v) is 20.7. The lowest BCUT2D eigenvalue weighted by atomic mass is 9.94. The molecular weight excluding hydrogens is 496 g/mol. The van der Waals surface area contributed by atoms with E-state index in [0.29, 0.717) is 11.3 Å². The largest absolute Gasteiger partial charge is 0.507 e. The number of halogens is 1. The number of aryl methyl sites for hydroxylation is 1. The van der Waals surface area contributed by atoms with E-state index in [1.165, 1.54) is 4.90 Å². The lowest BCUT2D eigenvalue weighted by molar-refractivity contribution is -0.140. The van der Waals surface area contributed by atoms with Crippen molar-refractivity contribution in [1.29, 1.82) is 0 Å². The van der Waals surface area contributed by atoms with E-state index in [4.69, 9.17) is 4.74 Å². The third kappa shape index (κ3) is 4.75. The highest BCUT2D eigenvalue weighted by Gasteiger charge is 2.46. The first-order valence-electron chi connectivity index (χ1n) is 11.0. The van der Waals surface area contributed by atoms with Gasteiger partial charge >= 0.3 is 0 Å². The first-order chi connectivity index (χ1) is 16.3. The summed E-state index contributed by atoms with van der Waals surface area (Å²) in [6.07, 6.45) is 3.32. The van der Waals surface area contributed by atoms with Crippen molar-refractivity contribution in [3.63, 3.8) is 0 Å². The summed E-state index contributed by atoms with van der Waals surface area (Å²) in [7, 11) is 0. The van der Waals surface area contributed by atoms with Crippen LogP contribution in [0.4, 0.5) is 0 Å². The lowest BCUT2D eigenvalue weighted by Gasteiger charge is -2.25. The molecule has 0 spiro atoms. The number of benzene rings is 2. The average molecular weight is 521 g/mol. The van der Waals surface area contributed by atoms with Crippen molar-refractivity contribution < 1.29 is 19.4 Å². The predicted octanol–water partition coefficient (Wildman–Crippen LogP) is 5.56. The minimum absolute atomic E-state index is 0.00773. The Morgan fingerprint density at radius 2 is 1.88 bits per heavy atom. The minimum atomic E-state index is -0.736. The smallest absolute Gasteiger partial charge is 0.295 e. The van der Waals surface area contributed by atoms with Gasteiger partial charge in [-0.05, 0) is 73.9 Å². The highest BCUT2D eigenvalue weighted by atomic mass is 79.9. The number of carbonyl (C=O) groups is 2. The summed E-state index contributed by atoms with van der Waals surface area (Å²) in [5.74, 6) is -0.878. The van der Waals surface area contributed by atoms with Crippen LogP contribution < -0.4 is 4.74 Å². The summed E-state index contributed by atoms with van der Waals surface area (Å²) in [6, 6.07) is 15.5. The molecule has 1 aliphatic rings. The Bertz CT molecular complexity index is 1250. The van der Waals surface area contributed by atoms with Crippen molar-refractivity contribution in [2.24, 2.45) is 0 Å². The number of rotatable bonds is 6. The molecule has 0 unspecified atom stereocenters. The highest BCUT2D eigenvalue weighted by Crippen LogP contribution is 2.41. The molecular formula is C27H25BrN2O4. The number of aliphatic hydroxyl groups excluding tert-OH is 1. The zero-order valence-electron chi connectivity index (χ0n) is 19.2. The van der Waals surface area contributed by atoms with E-state index in [0.717, 1.165) is 21.2 Å². The standard InChI is InChI=1S/C27H25BrN2O4/c1-16(2)34-22-11-8-20(13-17(22)3)25(31)23-24(19-6-9-21(28)10-7-19)30(27(33)26(23)32)15-18-5-4-12-29-14-18/h4-14,16,24,31H,15H2,1-3H3/t24-/m1/s1. The highest BCUT2D eigenvalue weighted by molar-refractivity contribution is 9.10. The molecule has 1 aromatic heterocycles. The maximum absolute atomic E-state index is 13.2. The van der Waals surface area contributed by atoms with E-state index in [-0.39, 0.29) is 24.0 Å². The third-order valence-corrected chi connectivity index (χ3v) is 6.14. The number of nitrogens with zero attached hydrogens (tertiary/aromatic N) is 2. The molecule has 7 heteroatoms. The van der Waals surface area contributed by atoms with Gasteiger partial charge in [-0.15, -0.1) is 0 Å². The van der Waals surface area contributed by atoms with Crippen molar-refractivity contribution in [3.05, 3.63) is 99.3 Å². The number of aromatic nitrogens is 1. The molecule has 3 aromatic rings. The first-order valence-corrected chi connectivity index (χ1v) is 11.8. The molecule has 0 aliphatic carbocycles. The fourth-order valence-corrected chi connectivity index (χ4v) is 4.33. The van der Waals surface area contributed by atoms with Gasteiger partial charge in [0.15, 0.2) is 0 Å². The van der Waals surface area contributed by atoms with E-state index < -0.39 is 17.7 Å². The van der Waals surface area contributed by atoms with Crippen molar-refractivity contribution >= 4 is 33.4 Å². The minimum Gasteiger partial charge on any atom is -0.507 e. The van der Waals surface area contributed by atoms with E-state index >= 15 is 0 Å². The number of ketones is 1. The summed E-state index contributed by atoms with van der Waals surface area (Å²) < 4.78 is 6.66. The van der Waals surface area contributed by atoms with Crippen molar-refractivity contribution in [2.45, 2.75) is 39.5 Å². The van der Waals surface area contributed by atoms with Crippen LogP contribution in [0.5, 0.6) is 5.75 Å². The summed E-state index contributed by atoms with van der Waals surface area (Å²) in [5.41, 5.74) is 2.85. The summed E-state index contributed by atoms with van der Waals surface area (Å²) >= 11 is 3.43. The molecule has 4 rings (SSSR count). The molecule has 2 heterocycles. The number of likely N-dealkylation sites (tertiary alicyclic amines) is 1. The Balaban J connectivity index is 1.82. The van der Waals surface area contributed by atoms with Crippen LogP contribution in [0, 0.1) is 6.92 Å². The predicted molar refractivity (Wildman–Crippen MR) is 133 cm³/mol. The summed E-state index contributed by atoms with van der Waals surface area (Å²) in [4.78, 5) is 31.9. The molecule has 6 nitrogen and oxygen atoms in total. The topological polar surface area (TPSA) is 79.7 Å². The van der Waals surface area contributed by atoms with E-state index in [2.05, 4.69) is 20.9 Å². The van der Waals surface area contributed by atoms with Crippen LogP contribution in [0.2, 0.25) is 0 Å². The van der Waals surface area contributed by atoms with Crippen molar-refractivity contribution in [1.82, 2.24) is 9.88 Å². The molecule has 1 fully saturated rings. The van der Waals surface area contributed by atoms with Gasteiger partial charge in [0, 0.05) is 29.0 Å². The van der Waals surface area contributed by atoms with Gasteiger partial charge < -0.3 is 14.7 Å². The Labute approximate surface area is 207 Å². The van der Waals surface area contributed by atoms with Crippen LogP contribution in [-0.4, -0.2) is 32.8 Å². The maximum Gasteiger partial charge on any atom is 0.295 e. The molecule has 1 N–H and O–H groups in total. The number of hydrogen-bond acceptors (Lipinski definition) is 5. The normalized spacial score (nSPS) is 17.4. The molecule has 1 amide bonds. The zero-order chi connectivity index (χ0) is 24.4. The van der Waals surface area contributed by atoms with Gasteiger partial charge in [-0.1, -0.05) is 34.1 Å². The van der Waals surface area contributed by atoms with Crippen LogP contribution >= 0.6 is 15.9 Å². The monoisotopic (exact) mass is 520 g/mol. The number of pyridine rings is 1. The number of amides is 1. The Kier molecular flexibility index (Phi) is 6.84. The Morgan fingerprint density at radius 1 is 1.15 bits per heavy atom. The first kappa shape index (κ1) is 23.7. The van der Waals surface area contributed by atoms with Crippen LogP contribution in [0.3, 0.4) is 0 Å². The summed E-state index contributed by atoms with van der Waals surface area (Å²) in [6.45, 7) is 5.95. The number of carbonyl (C=O) groups excluding carboxylic acids is 2. The molecule has 1 aliphatic heterocycles. The molecule has 0 radical (unpaired) electrons. The van der Waals surface area contributed by atoms with Crippen molar-refractivity contribution in [3.8, 4) is 5.75 Å². The lowest BCUT2D eigenvalue weighted by Crippen LogP contribution is -2.29. The van der Waals surface area contributed by atoms with E-state index in [1.807, 2.05) is 51.1 Å². The molecule has 1 saturated heterocycles. The van der Waals surface area contributed by atoms with Crippen molar-refractivity contribution in [2.75, 3.05) is 0 Å². The number of hydrogen-bond donors (Lipinski definition) is 1. The number of ether oxygens (including phenoxy) is 1. The van der Waals surface area contributed by atoms with Crippen LogP contribution in [0.25, 0.3) is 5.76 Å². The molecule has 34 heavy (non-hydrogen) atoms. The molecule has 2 aromatic carbocycles. The molecule has 0 saturated carbocycles. The maximum atomic E-state index is 13.2. The number of Topliss-reactive ketones (excluding diaryl/α,β-unsaturated/α-hetero) is 1. The Hall–Kier alpha value is -3.45. The quantitative estimate of drug-likeness (QED) is 0.261. The van der Waals surface area contributed by atoms with Gasteiger partial charge in [-0.25, -0.2) is 0 Å². The molecule has 0 bridgehead atoms. The van der Waals surface area contributed by atoms with Gasteiger partial charge in [0.25, 0.3) is 11.7 Å². The average Bonchev–Trinajstić information content (AvgIpc) is 3.06. The van der Waals surface area contributed by atoms with Crippen LogP contribution in [-0.2, 0) is 16.1 Å². The van der Waals surface area contributed by atoms with Gasteiger partial charge in [0.1, 0.15) is 11.5 Å². The van der Waals surface area contributed by atoms with Gasteiger partial charge in [0.05, 0.1) is 17.7 Å². The third-order valence-electron chi connectivity index (χ3n) is 5.61. The van der Waals surface area contributed by atoms with Gasteiger partial charge in [-0.3, -0.25) is 14.6 Å². The fourth-order valence-electron chi connectivity index (χ4n) is 4.06. The van der Waals surface area contributed by atoms with E-state index in [9.17, 15) is 14.7 Å². The van der Waals surface area contributed by atoms with Crippen LogP contribution in [0.15, 0.2) is 77.0 Å². The van der Waals surface area contributed by atoms with E-state index in [1.54, 1.807) is 36.7 Å². The summed E-state index contributed by atoms with van der Waals surface area (Å²) in [5, 5.41) is 11.3.